The van der Waals surface area contributed by atoms with E-state index in [9.17, 15) is 0 Å². The fourth-order valence-electron chi connectivity index (χ4n) is 2.32. The molecule has 1 aromatic rings. The summed E-state index contributed by atoms with van der Waals surface area (Å²) in [6.07, 6.45) is 2.67. The molecule has 0 aromatic carbocycles. The minimum absolute atomic E-state index is 0.0641. The molecule has 3 N–H and O–H groups in total. The van der Waals surface area contributed by atoms with Gasteiger partial charge in [-0.1, -0.05) is 13.8 Å². The second-order valence-corrected chi connectivity index (χ2v) is 5.09. The van der Waals surface area contributed by atoms with Gasteiger partial charge >= 0.3 is 0 Å². The van der Waals surface area contributed by atoms with E-state index in [0.29, 0.717) is 0 Å². The maximum atomic E-state index is 5.73. The molecule has 0 amide bonds. The monoisotopic (exact) mass is 268 g/mol. The third kappa shape index (κ3) is 3.55. The average Bonchev–Trinajstić information content (AvgIpc) is 2.86. The van der Waals surface area contributed by atoms with Gasteiger partial charge < -0.3 is 4.74 Å². The minimum atomic E-state index is -0.274. The van der Waals surface area contributed by atoms with Gasteiger partial charge in [0.05, 0.1) is 17.3 Å². The normalized spacial score (nSPS) is 16.3. The van der Waals surface area contributed by atoms with Gasteiger partial charge in [-0.05, 0) is 32.8 Å². The van der Waals surface area contributed by atoms with Crippen molar-refractivity contribution in [1.29, 1.82) is 0 Å². The summed E-state index contributed by atoms with van der Waals surface area (Å²) >= 11 is 0. The van der Waals surface area contributed by atoms with Crippen LogP contribution in [0.25, 0.3) is 0 Å². The first-order chi connectivity index (χ1) is 9.04. The van der Waals surface area contributed by atoms with Crippen molar-refractivity contribution in [2.45, 2.75) is 65.1 Å². The Balaban J connectivity index is 2.94. The van der Waals surface area contributed by atoms with Gasteiger partial charge in [0.25, 0.3) is 0 Å². The summed E-state index contributed by atoms with van der Waals surface area (Å²) in [4.78, 5) is 0. The Hall–Kier alpha value is -0.910. The fraction of sp³-hybridized carbons (Fsp3) is 0.786. The summed E-state index contributed by atoms with van der Waals surface area (Å²) < 4.78 is 7.70. The third-order valence-electron chi connectivity index (χ3n) is 4.10. The molecule has 5 nitrogen and oxygen atoms in total. The summed E-state index contributed by atoms with van der Waals surface area (Å²) in [5, 5.41) is 4.58. The van der Waals surface area contributed by atoms with Crippen LogP contribution < -0.4 is 11.3 Å². The van der Waals surface area contributed by atoms with Crippen molar-refractivity contribution in [2.75, 3.05) is 7.11 Å². The van der Waals surface area contributed by atoms with Crippen molar-refractivity contribution < 1.29 is 4.74 Å². The van der Waals surface area contributed by atoms with Crippen molar-refractivity contribution in [3.63, 3.8) is 0 Å². The quantitative estimate of drug-likeness (QED) is 0.556. The molecular formula is C14H28N4O. The van der Waals surface area contributed by atoms with E-state index in [4.69, 9.17) is 10.6 Å². The molecule has 0 aliphatic rings. The second-order valence-electron chi connectivity index (χ2n) is 5.09. The smallest absolute Gasteiger partial charge is 0.0817 e. The van der Waals surface area contributed by atoms with E-state index in [-0.39, 0.29) is 11.6 Å². The van der Waals surface area contributed by atoms with Crippen molar-refractivity contribution in [1.82, 2.24) is 15.2 Å². The van der Waals surface area contributed by atoms with E-state index in [1.165, 1.54) is 5.69 Å². The molecule has 0 bridgehead atoms. The van der Waals surface area contributed by atoms with Crippen molar-refractivity contribution >= 4 is 0 Å². The third-order valence-corrected chi connectivity index (χ3v) is 4.10. The van der Waals surface area contributed by atoms with Crippen molar-refractivity contribution in [3.8, 4) is 0 Å². The fourth-order valence-corrected chi connectivity index (χ4v) is 2.32. The van der Waals surface area contributed by atoms with E-state index < -0.39 is 0 Å². The van der Waals surface area contributed by atoms with Crippen LogP contribution in [0.4, 0.5) is 0 Å². The highest BCUT2D eigenvalue weighted by molar-refractivity contribution is 5.13. The number of aromatic nitrogens is 2. The molecule has 2 atom stereocenters. The number of rotatable bonds is 8. The summed E-state index contributed by atoms with van der Waals surface area (Å²) in [6, 6.07) is 2.23. The maximum Gasteiger partial charge on any atom is 0.0817 e. The van der Waals surface area contributed by atoms with Crippen LogP contribution in [0.1, 0.15) is 45.5 Å². The zero-order valence-corrected chi connectivity index (χ0v) is 12.9. The molecule has 1 aromatic heterocycles. The summed E-state index contributed by atoms with van der Waals surface area (Å²) in [5.41, 5.74) is 4.97. The lowest BCUT2D eigenvalue weighted by Gasteiger charge is -2.35. The van der Waals surface area contributed by atoms with Crippen LogP contribution in [-0.4, -0.2) is 28.5 Å². The van der Waals surface area contributed by atoms with E-state index in [1.54, 1.807) is 7.11 Å². The van der Waals surface area contributed by atoms with Gasteiger partial charge in [-0.2, -0.15) is 5.10 Å². The number of nitrogens with zero attached hydrogens (tertiary/aromatic N) is 2. The van der Waals surface area contributed by atoms with E-state index in [2.05, 4.69) is 49.0 Å². The Labute approximate surface area is 116 Å². The maximum absolute atomic E-state index is 5.73. The molecule has 0 saturated heterocycles. The van der Waals surface area contributed by atoms with Gasteiger partial charge in [0.2, 0.25) is 0 Å². The van der Waals surface area contributed by atoms with Crippen LogP contribution in [0.2, 0.25) is 0 Å². The lowest BCUT2D eigenvalue weighted by atomic mass is 9.90. The first kappa shape index (κ1) is 16.1. The van der Waals surface area contributed by atoms with E-state index in [0.717, 1.165) is 31.5 Å². The van der Waals surface area contributed by atoms with Crippen molar-refractivity contribution in [3.05, 3.63) is 17.5 Å². The molecule has 0 saturated carbocycles. The van der Waals surface area contributed by atoms with Crippen molar-refractivity contribution in [2.24, 2.45) is 5.84 Å². The average molecular weight is 268 g/mol. The van der Waals surface area contributed by atoms with Crippen LogP contribution in [-0.2, 0) is 24.1 Å². The zero-order chi connectivity index (χ0) is 14.5. The molecule has 5 heteroatoms. The molecule has 2 unspecified atom stereocenters. The van der Waals surface area contributed by atoms with Crippen LogP contribution in [0.3, 0.4) is 0 Å². The Bertz CT molecular complexity index is 385. The number of nitrogens with two attached hydrogens (primary N) is 1. The summed E-state index contributed by atoms with van der Waals surface area (Å²) in [7, 11) is 1.74. The van der Waals surface area contributed by atoms with E-state index in [1.807, 2.05) is 0 Å². The molecule has 0 spiro atoms. The Morgan fingerprint density at radius 1 is 1.47 bits per heavy atom. The predicted octanol–water partition coefficient (Wildman–Crippen LogP) is 1.65. The summed E-state index contributed by atoms with van der Waals surface area (Å²) in [5.74, 6) is 5.73. The van der Waals surface area contributed by atoms with Gasteiger partial charge in [-0.3, -0.25) is 16.0 Å². The highest BCUT2D eigenvalue weighted by atomic mass is 16.5. The number of ether oxygens (including phenoxy) is 1. The Morgan fingerprint density at radius 2 is 2.16 bits per heavy atom. The lowest BCUT2D eigenvalue weighted by molar-refractivity contribution is -0.0292. The number of aryl methyl sites for hydroxylation is 2. The molecule has 0 aliphatic heterocycles. The van der Waals surface area contributed by atoms with Gasteiger partial charge in [-0.15, -0.1) is 0 Å². The number of hydrogen-bond acceptors (Lipinski definition) is 4. The molecule has 110 valence electrons. The topological polar surface area (TPSA) is 65.1 Å². The van der Waals surface area contributed by atoms with Gasteiger partial charge in [0.1, 0.15) is 0 Å². The molecule has 0 fully saturated rings. The molecule has 0 radical (unpaired) electrons. The molecule has 0 aliphatic carbocycles. The Kier molecular flexibility index (Phi) is 5.97. The number of methoxy groups -OCH3 is 1. The highest BCUT2D eigenvalue weighted by Gasteiger charge is 2.32. The van der Waals surface area contributed by atoms with Crippen LogP contribution in [0, 0.1) is 0 Å². The zero-order valence-electron chi connectivity index (χ0n) is 12.9. The highest BCUT2D eigenvalue weighted by Crippen LogP contribution is 2.22. The number of nitrogens with one attached hydrogen (secondary N) is 1. The molecule has 19 heavy (non-hydrogen) atoms. The predicted molar refractivity (Wildman–Crippen MR) is 77.8 cm³/mol. The molecule has 1 rings (SSSR count). The number of hydrazine groups is 1. The Morgan fingerprint density at radius 3 is 2.58 bits per heavy atom. The first-order valence-corrected chi connectivity index (χ1v) is 7.11. The molecule has 1 heterocycles. The lowest BCUT2D eigenvalue weighted by Crippen LogP contribution is -2.53. The first-order valence-electron chi connectivity index (χ1n) is 7.11. The SMILES string of the molecule is CCc1cc(CC(NN)C(C)(CC)OC)n(CC)n1. The van der Waals surface area contributed by atoms with Crippen LogP contribution in [0.15, 0.2) is 6.07 Å². The standard InChI is InChI=1S/C14H28N4O/c1-6-11-9-12(18(8-3)17-11)10-13(16-15)14(4,7-2)19-5/h9,13,16H,6-8,10,15H2,1-5H3. The van der Waals surface area contributed by atoms with Gasteiger partial charge in [-0.25, -0.2) is 0 Å². The minimum Gasteiger partial charge on any atom is -0.377 e. The van der Waals surface area contributed by atoms with Crippen LogP contribution >= 0.6 is 0 Å². The molecular weight excluding hydrogens is 240 g/mol. The number of hydrogen-bond donors (Lipinski definition) is 2. The van der Waals surface area contributed by atoms with E-state index >= 15 is 0 Å². The summed E-state index contributed by atoms with van der Waals surface area (Å²) in [6.45, 7) is 9.31. The van der Waals surface area contributed by atoms with Crippen LogP contribution in [0.5, 0.6) is 0 Å². The van der Waals surface area contributed by atoms with Gasteiger partial charge in [0, 0.05) is 25.8 Å². The second kappa shape index (κ2) is 7.03. The van der Waals surface area contributed by atoms with Gasteiger partial charge in [0.15, 0.2) is 0 Å². The largest absolute Gasteiger partial charge is 0.377 e.